The first kappa shape index (κ1) is 15.6. The summed E-state index contributed by atoms with van der Waals surface area (Å²) in [7, 11) is 0. The molecule has 6 nitrogen and oxygen atoms in total. The Bertz CT molecular complexity index is 829. The molecule has 0 atom stereocenters. The number of hydrogen-bond acceptors (Lipinski definition) is 6. The second kappa shape index (κ2) is 6.44. The van der Waals surface area contributed by atoms with Gasteiger partial charge >= 0.3 is 0 Å². The third kappa shape index (κ3) is 3.72. The summed E-state index contributed by atoms with van der Waals surface area (Å²) in [5.74, 6) is 2.19. The summed E-state index contributed by atoms with van der Waals surface area (Å²) in [6.45, 7) is 3.67. The van der Waals surface area contributed by atoms with E-state index in [0.717, 1.165) is 5.69 Å². The van der Waals surface area contributed by atoms with Crippen molar-refractivity contribution in [1.82, 2.24) is 15.1 Å². The van der Waals surface area contributed by atoms with Crippen molar-refractivity contribution >= 4 is 46.5 Å². The number of para-hydroxylation sites is 1. The zero-order chi connectivity index (χ0) is 16.4. The summed E-state index contributed by atoms with van der Waals surface area (Å²) in [6.07, 6.45) is 0. The quantitative estimate of drug-likeness (QED) is 0.699. The van der Waals surface area contributed by atoms with Gasteiger partial charge in [0.25, 0.3) is 0 Å². The van der Waals surface area contributed by atoms with Gasteiger partial charge in [-0.2, -0.15) is 4.98 Å². The van der Waals surface area contributed by atoms with Crippen molar-refractivity contribution in [1.29, 1.82) is 0 Å². The second-order valence-corrected chi connectivity index (χ2v) is 5.70. The highest BCUT2D eigenvalue weighted by Crippen LogP contribution is 2.32. The van der Waals surface area contributed by atoms with Gasteiger partial charge < -0.3 is 15.2 Å². The highest BCUT2D eigenvalue weighted by Gasteiger charge is 2.09. The molecule has 3 aromatic rings. The molecule has 0 aliphatic rings. The number of benzene rings is 1. The van der Waals surface area contributed by atoms with E-state index in [0.29, 0.717) is 39.1 Å². The zero-order valence-electron chi connectivity index (χ0n) is 12.4. The third-order valence-electron chi connectivity index (χ3n) is 2.94. The number of nitrogens with one attached hydrogen (secondary N) is 2. The maximum Gasteiger partial charge on any atom is 0.230 e. The van der Waals surface area contributed by atoms with Crippen molar-refractivity contribution in [2.75, 3.05) is 10.6 Å². The van der Waals surface area contributed by atoms with Crippen LogP contribution in [0.25, 0.3) is 0 Å². The van der Waals surface area contributed by atoms with E-state index in [1.165, 1.54) is 0 Å². The summed E-state index contributed by atoms with van der Waals surface area (Å²) in [4.78, 5) is 8.70. The van der Waals surface area contributed by atoms with Crippen LogP contribution in [-0.4, -0.2) is 15.1 Å². The lowest BCUT2D eigenvalue weighted by Crippen LogP contribution is -2.03. The van der Waals surface area contributed by atoms with Crippen LogP contribution in [-0.2, 0) is 0 Å². The van der Waals surface area contributed by atoms with E-state index in [1.807, 2.05) is 13.8 Å². The van der Waals surface area contributed by atoms with Crippen molar-refractivity contribution in [2.24, 2.45) is 0 Å². The molecule has 0 saturated heterocycles. The standard InChI is InChI=1S/C15H13Cl2N5O/c1-8-6-12(19-14-10(16)4-3-5-11(14)17)20-15(18-8)21-13-7-9(2)23-22-13/h3-7H,1-2H3,(H2,18,19,20,21,22). The molecule has 23 heavy (non-hydrogen) atoms. The molecule has 0 bridgehead atoms. The molecule has 0 unspecified atom stereocenters. The fourth-order valence-electron chi connectivity index (χ4n) is 1.97. The topological polar surface area (TPSA) is 75.9 Å². The fraction of sp³-hybridized carbons (Fsp3) is 0.133. The molecule has 2 heterocycles. The SMILES string of the molecule is Cc1cc(Nc2c(Cl)cccc2Cl)nc(Nc2cc(C)on2)n1. The van der Waals surface area contributed by atoms with Crippen molar-refractivity contribution < 1.29 is 4.52 Å². The Morgan fingerprint density at radius 2 is 1.70 bits per heavy atom. The van der Waals surface area contributed by atoms with E-state index in [-0.39, 0.29) is 0 Å². The molecular weight excluding hydrogens is 337 g/mol. The summed E-state index contributed by atoms with van der Waals surface area (Å²) < 4.78 is 5.01. The van der Waals surface area contributed by atoms with Crippen LogP contribution in [0.4, 0.5) is 23.3 Å². The summed E-state index contributed by atoms with van der Waals surface area (Å²) in [5.41, 5.74) is 1.37. The van der Waals surface area contributed by atoms with Gasteiger partial charge in [0.05, 0.1) is 15.7 Å². The minimum atomic E-state index is 0.393. The number of rotatable bonds is 4. The molecule has 8 heteroatoms. The van der Waals surface area contributed by atoms with Gasteiger partial charge in [-0.25, -0.2) is 4.98 Å². The minimum Gasteiger partial charge on any atom is -0.360 e. The van der Waals surface area contributed by atoms with Gasteiger partial charge in [0.15, 0.2) is 5.82 Å². The summed E-state index contributed by atoms with van der Waals surface area (Å²) >= 11 is 12.3. The van der Waals surface area contributed by atoms with Crippen molar-refractivity contribution in [3.8, 4) is 0 Å². The molecule has 3 rings (SSSR count). The first-order valence-corrected chi connectivity index (χ1v) is 7.54. The van der Waals surface area contributed by atoms with Crippen LogP contribution in [0, 0.1) is 13.8 Å². The van der Waals surface area contributed by atoms with Crippen LogP contribution in [0.1, 0.15) is 11.5 Å². The van der Waals surface area contributed by atoms with Gasteiger partial charge in [-0.15, -0.1) is 0 Å². The average Bonchev–Trinajstić information content (AvgIpc) is 2.88. The van der Waals surface area contributed by atoms with Crippen LogP contribution >= 0.6 is 23.2 Å². The van der Waals surface area contributed by atoms with E-state index >= 15 is 0 Å². The first-order chi connectivity index (χ1) is 11.0. The van der Waals surface area contributed by atoms with E-state index in [1.54, 1.807) is 30.3 Å². The predicted molar refractivity (Wildman–Crippen MR) is 91.0 cm³/mol. The van der Waals surface area contributed by atoms with Gasteiger partial charge in [0, 0.05) is 17.8 Å². The van der Waals surface area contributed by atoms with E-state index in [9.17, 15) is 0 Å². The maximum atomic E-state index is 6.16. The molecule has 0 radical (unpaired) electrons. The largest absolute Gasteiger partial charge is 0.360 e. The first-order valence-electron chi connectivity index (χ1n) is 6.78. The Morgan fingerprint density at radius 3 is 2.35 bits per heavy atom. The molecule has 0 aliphatic carbocycles. The lowest BCUT2D eigenvalue weighted by Gasteiger charge is -2.11. The van der Waals surface area contributed by atoms with Crippen LogP contribution in [0.3, 0.4) is 0 Å². The molecule has 118 valence electrons. The molecule has 0 aliphatic heterocycles. The molecule has 2 N–H and O–H groups in total. The molecule has 0 spiro atoms. The zero-order valence-corrected chi connectivity index (χ0v) is 13.9. The maximum absolute atomic E-state index is 6.16. The highest BCUT2D eigenvalue weighted by molar-refractivity contribution is 6.39. The van der Waals surface area contributed by atoms with Crippen molar-refractivity contribution in [2.45, 2.75) is 13.8 Å². The molecule has 0 amide bonds. The number of nitrogens with zero attached hydrogens (tertiary/aromatic N) is 3. The Kier molecular flexibility index (Phi) is 4.36. The Morgan fingerprint density at radius 1 is 0.957 bits per heavy atom. The molecule has 0 fully saturated rings. The van der Waals surface area contributed by atoms with Gasteiger partial charge in [-0.05, 0) is 26.0 Å². The van der Waals surface area contributed by atoms with E-state index in [4.69, 9.17) is 27.7 Å². The number of aromatic nitrogens is 3. The van der Waals surface area contributed by atoms with Crippen LogP contribution in [0.5, 0.6) is 0 Å². The van der Waals surface area contributed by atoms with Gasteiger partial charge in [0.1, 0.15) is 11.6 Å². The van der Waals surface area contributed by atoms with Crippen LogP contribution in [0.15, 0.2) is 34.9 Å². The molecular formula is C15H13Cl2N5O. The normalized spacial score (nSPS) is 10.6. The van der Waals surface area contributed by atoms with E-state index in [2.05, 4.69) is 25.8 Å². The van der Waals surface area contributed by atoms with Gasteiger partial charge in [-0.3, -0.25) is 0 Å². The average molecular weight is 350 g/mol. The monoisotopic (exact) mass is 349 g/mol. The van der Waals surface area contributed by atoms with Gasteiger partial charge in [0.2, 0.25) is 5.95 Å². The lowest BCUT2D eigenvalue weighted by atomic mass is 10.3. The highest BCUT2D eigenvalue weighted by atomic mass is 35.5. The second-order valence-electron chi connectivity index (χ2n) is 4.89. The fourth-order valence-corrected chi connectivity index (χ4v) is 2.47. The Hall–Kier alpha value is -2.31. The molecule has 2 aromatic heterocycles. The number of anilines is 4. The van der Waals surface area contributed by atoms with Crippen LogP contribution in [0.2, 0.25) is 10.0 Å². The smallest absolute Gasteiger partial charge is 0.230 e. The van der Waals surface area contributed by atoms with Crippen molar-refractivity contribution in [3.05, 3.63) is 51.8 Å². The number of halogens is 2. The lowest BCUT2D eigenvalue weighted by molar-refractivity contribution is 0.400. The van der Waals surface area contributed by atoms with Crippen molar-refractivity contribution in [3.63, 3.8) is 0 Å². The van der Waals surface area contributed by atoms with E-state index < -0.39 is 0 Å². The Labute approximate surface area is 142 Å². The summed E-state index contributed by atoms with van der Waals surface area (Å²) in [6, 6.07) is 8.83. The number of aryl methyl sites for hydroxylation is 2. The third-order valence-corrected chi connectivity index (χ3v) is 3.57. The summed E-state index contributed by atoms with van der Waals surface area (Å²) in [5, 5.41) is 11.0. The molecule has 0 saturated carbocycles. The van der Waals surface area contributed by atoms with Crippen LogP contribution < -0.4 is 10.6 Å². The molecule has 1 aromatic carbocycles. The Balaban J connectivity index is 1.88. The minimum absolute atomic E-state index is 0.393. The van der Waals surface area contributed by atoms with Gasteiger partial charge in [-0.1, -0.05) is 34.4 Å². The predicted octanol–water partition coefficient (Wildman–Crippen LogP) is 4.88. The number of hydrogen-bond donors (Lipinski definition) is 2.